The molecule has 0 spiro atoms. The Balaban J connectivity index is 1.33. The van der Waals surface area contributed by atoms with Gasteiger partial charge in [-0.05, 0) is 41.3 Å². The van der Waals surface area contributed by atoms with Crippen LogP contribution in [0.3, 0.4) is 0 Å². The van der Waals surface area contributed by atoms with Crippen LogP contribution in [0.25, 0.3) is 11.1 Å². The molecule has 9 nitrogen and oxygen atoms in total. The van der Waals surface area contributed by atoms with E-state index < -0.39 is 40.0 Å². The van der Waals surface area contributed by atoms with Crippen molar-refractivity contribution in [2.75, 3.05) is 25.6 Å². The van der Waals surface area contributed by atoms with Crippen LogP contribution in [0.2, 0.25) is 0 Å². The summed E-state index contributed by atoms with van der Waals surface area (Å²) in [5, 5.41) is 0.736. The minimum Gasteiger partial charge on any atom is -0.464 e. The molecule has 0 saturated carbocycles. The van der Waals surface area contributed by atoms with Crippen LogP contribution in [0, 0.1) is 0 Å². The first-order valence-corrected chi connectivity index (χ1v) is 13.9. The summed E-state index contributed by atoms with van der Waals surface area (Å²) in [5.41, 5.74) is 4.20. The standard InChI is InChI=1S/C28H27NO8S/c1-2-34-27(30)25-17-35-26(18-38(32,33)19-10-4-3-5-11-19)37-29(25)28(31)36-16-24-22-14-8-6-12-20(22)21-13-7-9-15-23(21)24/h3-15,24-26H,2,16-18H2,1H3/t25-,26?/m0/s1. The quantitative estimate of drug-likeness (QED) is 0.417. The Kier molecular flexibility index (Phi) is 7.46. The van der Waals surface area contributed by atoms with E-state index in [0.717, 1.165) is 27.3 Å². The fourth-order valence-corrected chi connectivity index (χ4v) is 5.99. The fraction of sp³-hybridized carbons (Fsp3) is 0.286. The van der Waals surface area contributed by atoms with Crippen LogP contribution in [-0.2, 0) is 33.7 Å². The molecule has 0 radical (unpaired) electrons. The summed E-state index contributed by atoms with van der Waals surface area (Å²) in [7, 11) is -3.79. The van der Waals surface area contributed by atoms with Gasteiger partial charge in [0.05, 0.1) is 18.1 Å². The molecule has 1 amide bonds. The highest BCUT2D eigenvalue weighted by Gasteiger charge is 2.42. The van der Waals surface area contributed by atoms with E-state index in [2.05, 4.69) is 0 Å². The highest BCUT2D eigenvalue weighted by molar-refractivity contribution is 7.91. The van der Waals surface area contributed by atoms with Gasteiger partial charge >= 0.3 is 12.1 Å². The molecular weight excluding hydrogens is 510 g/mol. The molecule has 5 rings (SSSR count). The highest BCUT2D eigenvalue weighted by atomic mass is 32.2. The van der Waals surface area contributed by atoms with Gasteiger partial charge in [-0.2, -0.15) is 5.06 Å². The molecule has 1 unspecified atom stereocenters. The average molecular weight is 538 g/mol. The highest BCUT2D eigenvalue weighted by Crippen LogP contribution is 2.44. The number of sulfone groups is 1. The molecule has 2 atom stereocenters. The molecule has 2 aliphatic rings. The summed E-state index contributed by atoms with van der Waals surface area (Å²) in [4.78, 5) is 31.5. The number of ether oxygens (including phenoxy) is 3. The van der Waals surface area contributed by atoms with E-state index in [1.165, 1.54) is 12.1 Å². The first-order chi connectivity index (χ1) is 18.4. The number of esters is 1. The number of carbonyl (C=O) groups is 2. The summed E-state index contributed by atoms with van der Waals surface area (Å²) in [6.07, 6.45) is -2.26. The lowest BCUT2D eigenvalue weighted by molar-refractivity contribution is -0.311. The molecule has 1 aliphatic carbocycles. The number of rotatable bonds is 7. The molecular formula is C28H27NO8S. The van der Waals surface area contributed by atoms with E-state index in [1.54, 1.807) is 25.1 Å². The Morgan fingerprint density at radius 3 is 2.13 bits per heavy atom. The van der Waals surface area contributed by atoms with E-state index in [1.807, 2.05) is 48.5 Å². The van der Waals surface area contributed by atoms with Gasteiger partial charge in [0.15, 0.2) is 22.2 Å². The lowest BCUT2D eigenvalue weighted by Gasteiger charge is -2.36. The van der Waals surface area contributed by atoms with E-state index in [-0.39, 0.29) is 30.6 Å². The first kappa shape index (κ1) is 25.9. The van der Waals surface area contributed by atoms with Crippen molar-refractivity contribution in [1.29, 1.82) is 0 Å². The van der Waals surface area contributed by atoms with Gasteiger partial charge in [0.2, 0.25) is 0 Å². The zero-order valence-corrected chi connectivity index (χ0v) is 21.5. The van der Waals surface area contributed by atoms with Crippen LogP contribution in [0.15, 0.2) is 83.8 Å². The number of nitrogens with zero attached hydrogens (tertiary/aromatic N) is 1. The van der Waals surface area contributed by atoms with Crippen LogP contribution >= 0.6 is 0 Å². The normalized spacial score (nSPS) is 18.9. The second-order valence-electron chi connectivity index (χ2n) is 8.86. The molecule has 3 aromatic rings. The van der Waals surface area contributed by atoms with Crippen molar-refractivity contribution in [1.82, 2.24) is 5.06 Å². The Hall–Kier alpha value is -3.73. The average Bonchev–Trinajstić information content (AvgIpc) is 3.25. The zero-order chi connectivity index (χ0) is 26.7. The van der Waals surface area contributed by atoms with Gasteiger partial charge in [-0.3, -0.25) is 0 Å². The predicted octanol–water partition coefficient (Wildman–Crippen LogP) is 3.93. The second kappa shape index (κ2) is 10.9. The number of hydrogen-bond donors (Lipinski definition) is 0. The monoisotopic (exact) mass is 537 g/mol. The predicted molar refractivity (Wildman–Crippen MR) is 137 cm³/mol. The van der Waals surface area contributed by atoms with Crippen LogP contribution in [-0.4, -0.2) is 63.4 Å². The number of carbonyl (C=O) groups excluding carboxylic acids is 2. The molecule has 0 bridgehead atoms. The number of benzene rings is 3. The van der Waals surface area contributed by atoms with Gasteiger partial charge in [-0.1, -0.05) is 66.7 Å². The van der Waals surface area contributed by atoms with Crippen LogP contribution < -0.4 is 0 Å². The van der Waals surface area contributed by atoms with Crippen molar-refractivity contribution in [3.63, 3.8) is 0 Å². The van der Waals surface area contributed by atoms with E-state index in [4.69, 9.17) is 19.0 Å². The van der Waals surface area contributed by atoms with E-state index >= 15 is 0 Å². The van der Waals surface area contributed by atoms with Crippen molar-refractivity contribution in [3.8, 4) is 11.1 Å². The molecule has 38 heavy (non-hydrogen) atoms. The Labute approximate surface area is 220 Å². The van der Waals surface area contributed by atoms with Crippen LogP contribution in [0.5, 0.6) is 0 Å². The minimum absolute atomic E-state index is 0.00387. The molecule has 198 valence electrons. The molecule has 1 heterocycles. The largest absolute Gasteiger partial charge is 0.464 e. The van der Waals surface area contributed by atoms with Crippen LogP contribution in [0.4, 0.5) is 4.79 Å². The molecule has 1 aliphatic heterocycles. The SMILES string of the molecule is CCOC(=O)[C@@H]1COC(CS(=O)(=O)c2ccccc2)ON1C(=O)OCC1c2ccccc2-c2ccccc21. The third-order valence-electron chi connectivity index (χ3n) is 6.49. The first-order valence-electron chi connectivity index (χ1n) is 12.3. The third kappa shape index (κ3) is 5.15. The lowest BCUT2D eigenvalue weighted by atomic mass is 9.98. The zero-order valence-electron chi connectivity index (χ0n) is 20.7. The maximum Gasteiger partial charge on any atom is 0.434 e. The Bertz CT molecular complexity index is 1380. The van der Waals surface area contributed by atoms with E-state index in [0.29, 0.717) is 0 Å². The molecule has 0 N–H and O–H groups in total. The van der Waals surface area contributed by atoms with Crippen molar-refractivity contribution in [3.05, 3.63) is 90.0 Å². The van der Waals surface area contributed by atoms with Gasteiger partial charge in [0.25, 0.3) is 0 Å². The van der Waals surface area contributed by atoms with Crippen molar-refractivity contribution in [2.45, 2.75) is 30.1 Å². The maximum absolute atomic E-state index is 13.2. The van der Waals surface area contributed by atoms with Gasteiger partial charge in [0.1, 0.15) is 12.4 Å². The van der Waals surface area contributed by atoms with Gasteiger partial charge < -0.3 is 14.2 Å². The Morgan fingerprint density at radius 1 is 0.895 bits per heavy atom. The number of amides is 1. The molecule has 0 aromatic heterocycles. The number of hydrogen-bond acceptors (Lipinski definition) is 8. The maximum atomic E-state index is 13.2. The molecule has 1 saturated heterocycles. The van der Waals surface area contributed by atoms with Gasteiger partial charge in [0, 0.05) is 5.92 Å². The lowest BCUT2D eigenvalue weighted by Crippen LogP contribution is -2.56. The number of fused-ring (bicyclic) bond motifs is 3. The van der Waals surface area contributed by atoms with E-state index in [9.17, 15) is 18.0 Å². The summed E-state index contributed by atoms with van der Waals surface area (Å²) >= 11 is 0. The van der Waals surface area contributed by atoms with Gasteiger partial charge in [-0.15, -0.1) is 0 Å². The topological polar surface area (TPSA) is 108 Å². The smallest absolute Gasteiger partial charge is 0.434 e. The third-order valence-corrected chi connectivity index (χ3v) is 8.19. The molecule has 10 heteroatoms. The van der Waals surface area contributed by atoms with Crippen molar-refractivity contribution >= 4 is 21.9 Å². The van der Waals surface area contributed by atoms with Gasteiger partial charge in [-0.25, -0.2) is 22.8 Å². The fourth-order valence-electron chi connectivity index (χ4n) is 4.71. The summed E-state index contributed by atoms with van der Waals surface area (Å²) in [6, 6.07) is 22.4. The summed E-state index contributed by atoms with van der Waals surface area (Å²) in [6.45, 7) is 1.41. The second-order valence-corrected chi connectivity index (χ2v) is 10.9. The summed E-state index contributed by atoms with van der Waals surface area (Å²) in [5.74, 6) is -1.51. The summed E-state index contributed by atoms with van der Waals surface area (Å²) < 4.78 is 41.9. The molecule has 3 aromatic carbocycles. The minimum atomic E-state index is -3.79. The van der Waals surface area contributed by atoms with Crippen LogP contribution in [0.1, 0.15) is 24.0 Å². The van der Waals surface area contributed by atoms with Crippen molar-refractivity contribution in [2.24, 2.45) is 0 Å². The number of hydroxylamine groups is 2. The molecule has 1 fully saturated rings. The van der Waals surface area contributed by atoms with Crippen molar-refractivity contribution < 1.29 is 37.1 Å². The Morgan fingerprint density at radius 2 is 1.50 bits per heavy atom.